The molecule has 0 aliphatic heterocycles. The van der Waals surface area contributed by atoms with Crippen LogP contribution in [0.25, 0.3) is 117 Å². The number of para-hydroxylation sites is 2. The fraction of sp³-hybridized carbons (Fsp3) is 0. The van der Waals surface area contributed by atoms with Crippen LogP contribution in [-0.2, 0) is 0 Å². The van der Waals surface area contributed by atoms with E-state index in [0.717, 1.165) is 88.7 Å². The summed E-state index contributed by atoms with van der Waals surface area (Å²) in [7, 11) is 0. The minimum Gasteiger partial charge on any atom is -0.456 e. The average Bonchev–Trinajstić information content (AvgIpc) is 3.90. The normalized spacial score (nSPS) is 11.5. The second kappa shape index (κ2) is 14.7. The number of fused-ring (bicyclic) bond motifs is 6. The molecule has 12 rings (SSSR count). The zero-order valence-corrected chi connectivity index (χ0v) is 33.5. The standard InChI is InChI=1S/C57H36N4O/c1-4-16-37(17-5-1)40-22-14-23-41(32-40)55-58-56(42-30-31-49-53(36-42)62-52-29-15-26-46(54(49)52)39-20-8-3-9-21-39)60-57(59-55)44-33-43(38-18-6-2-7-19-38)34-45(35-44)61-50-27-12-10-24-47(50)48-25-11-13-28-51(48)61/h1-36H. The Bertz CT molecular complexity index is 3580. The molecule has 5 heteroatoms. The zero-order chi connectivity index (χ0) is 41.0. The first-order chi connectivity index (χ1) is 30.7. The molecule has 0 saturated heterocycles. The highest BCUT2D eigenvalue weighted by Crippen LogP contribution is 2.40. The van der Waals surface area contributed by atoms with Crippen LogP contribution in [0.1, 0.15) is 0 Å². The van der Waals surface area contributed by atoms with Gasteiger partial charge in [-0.1, -0.05) is 164 Å². The van der Waals surface area contributed by atoms with Gasteiger partial charge in [-0.25, -0.2) is 15.0 Å². The first kappa shape index (κ1) is 35.5. The highest BCUT2D eigenvalue weighted by atomic mass is 16.3. The first-order valence-corrected chi connectivity index (χ1v) is 20.8. The third-order valence-corrected chi connectivity index (χ3v) is 11.8. The summed E-state index contributed by atoms with van der Waals surface area (Å²) in [6, 6.07) is 76.3. The van der Waals surface area contributed by atoms with Gasteiger partial charge in [-0.2, -0.15) is 0 Å². The van der Waals surface area contributed by atoms with Crippen LogP contribution in [0.3, 0.4) is 0 Å². The van der Waals surface area contributed by atoms with Gasteiger partial charge in [0.2, 0.25) is 0 Å². The number of nitrogens with zero attached hydrogens (tertiary/aromatic N) is 4. The lowest BCUT2D eigenvalue weighted by Gasteiger charge is -2.14. The molecule has 0 aliphatic rings. The first-order valence-electron chi connectivity index (χ1n) is 20.8. The molecule has 9 aromatic carbocycles. The molecule has 0 saturated carbocycles. The Morgan fingerprint density at radius 2 is 0.806 bits per heavy atom. The smallest absolute Gasteiger partial charge is 0.164 e. The van der Waals surface area contributed by atoms with E-state index in [-0.39, 0.29) is 0 Å². The van der Waals surface area contributed by atoms with Gasteiger partial charge in [-0.3, -0.25) is 0 Å². The summed E-state index contributed by atoms with van der Waals surface area (Å²) in [4.78, 5) is 15.8. The van der Waals surface area contributed by atoms with Crippen LogP contribution in [0, 0.1) is 0 Å². The van der Waals surface area contributed by atoms with Gasteiger partial charge in [-0.05, 0) is 88.0 Å². The molecule has 0 spiro atoms. The number of hydrogen-bond donors (Lipinski definition) is 0. The van der Waals surface area contributed by atoms with Crippen molar-refractivity contribution in [3.05, 3.63) is 218 Å². The summed E-state index contributed by atoms with van der Waals surface area (Å²) in [5.74, 6) is 1.72. The molecule has 3 heterocycles. The Morgan fingerprint density at radius 1 is 0.306 bits per heavy atom. The Balaban J connectivity index is 1.09. The number of rotatable bonds is 7. The lowest BCUT2D eigenvalue weighted by Crippen LogP contribution is -2.02. The van der Waals surface area contributed by atoms with Crippen LogP contribution >= 0.6 is 0 Å². The molecule has 0 radical (unpaired) electrons. The molecule has 0 unspecified atom stereocenters. The highest BCUT2D eigenvalue weighted by molar-refractivity contribution is 6.13. The van der Waals surface area contributed by atoms with Crippen molar-refractivity contribution in [2.75, 3.05) is 0 Å². The molecular weight excluding hydrogens is 757 g/mol. The predicted octanol–water partition coefficient (Wildman–Crippen LogP) is 14.9. The van der Waals surface area contributed by atoms with Crippen LogP contribution in [0.15, 0.2) is 223 Å². The number of hydrogen-bond acceptors (Lipinski definition) is 4. The maximum atomic E-state index is 6.59. The SMILES string of the molecule is c1ccc(-c2cccc(-c3nc(-c4cc(-c5ccccc5)cc(-n5c6ccccc6c6ccccc65)c4)nc(-c4ccc5c(c4)oc4cccc(-c6ccccc6)c45)n3)c2)cc1. The summed E-state index contributed by atoms with van der Waals surface area (Å²) in [5, 5.41) is 4.54. The fourth-order valence-electron chi connectivity index (χ4n) is 8.92. The molecule has 0 N–H and O–H groups in total. The molecule has 62 heavy (non-hydrogen) atoms. The maximum absolute atomic E-state index is 6.59. The van der Waals surface area contributed by atoms with Crippen molar-refractivity contribution in [3.8, 4) is 73.2 Å². The van der Waals surface area contributed by atoms with Gasteiger partial charge in [0, 0.05) is 43.9 Å². The van der Waals surface area contributed by atoms with E-state index in [4.69, 9.17) is 19.4 Å². The number of aromatic nitrogens is 4. The third kappa shape index (κ3) is 6.14. The number of furan rings is 1. The van der Waals surface area contributed by atoms with Crippen LogP contribution in [0.5, 0.6) is 0 Å². The molecule has 0 atom stereocenters. The van der Waals surface area contributed by atoms with Gasteiger partial charge in [-0.15, -0.1) is 0 Å². The maximum Gasteiger partial charge on any atom is 0.164 e. The van der Waals surface area contributed by atoms with E-state index in [1.807, 2.05) is 18.2 Å². The minimum absolute atomic E-state index is 0.560. The topological polar surface area (TPSA) is 56.7 Å². The molecule has 0 amide bonds. The molecule has 0 fully saturated rings. The molecule has 0 bridgehead atoms. The van der Waals surface area contributed by atoms with E-state index in [1.54, 1.807) is 0 Å². The second-order valence-electron chi connectivity index (χ2n) is 15.6. The second-order valence-corrected chi connectivity index (χ2v) is 15.6. The van der Waals surface area contributed by atoms with E-state index in [1.165, 1.54) is 10.8 Å². The van der Waals surface area contributed by atoms with Gasteiger partial charge in [0.1, 0.15) is 11.2 Å². The van der Waals surface area contributed by atoms with E-state index in [2.05, 4.69) is 205 Å². The summed E-state index contributed by atoms with van der Waals surface area (Å²) < 4.78 is 8.94. The quantitative estimate of drug-likeness (QED) is 0.161. The lowest BCUT2D eigenvalue weighted by molar-refractivity contribution is 0.669. The fourth-order valence-corrected chi connectivity index (χ4v) is 8.92. The van der Waals surface area contributed by atoms with Crippen molar-refractivity contribution in [1.82, 2.24) is 19.5 Å². The molecule has 3 aromatic heterocycles. The third-order valence-electron chi connectivity index (χ3n) is 11.8. The molecular formula is C57H36N4O. The van der Waals surface area contributed by atoms with Crippen LogP contribution in [-0.4, -0.2) is 19.5 Å². The van der Waals surface area contributed by atoms with E-state index in [9.17, 15) is 0 Å². The average molecular weight is 793 g/mol. The van der Waals surface area contributed by atoms with E-state index >= 15 is 0 Å². The summed E-state index contributed by atoms with van der Waals surface area (Å²) >= 11 is 0. The van der Waals surface area contributed by atoms with Crippen molar-refractivity contribution in [3.63, 3.8) is 0 Å². The Morgan fingerprint density at radius 3 is 1.48 bits per heavy atom. The van der Waals surface area contributed by atoms with Crippen molar-refractivity contribution in [2.24, 2.45) is 0 Å². The van der Waals surface area contributed by atoms with Crippen LogP contribution in [0.4, 0.5) is 0 Å². The van der Waals surface area contributed by atoms with Crippen molar-refractivity contribution in [1.29, 1.82) is 0 Å². The predicted molar refractivity (Wildman–Crippen MR) is 254 cm³/mol. The van der Waals surface area contributed by atoms with Gasteiger partial charge in [0.05, 0.1) is 11.0 Å². The minimum atomic E-state index is 0.560. The zero-order valence-electron chi connectivity index (χ0n) is 33.5. The monoisotopic (exact) mass is 792 g/mol. The van der Waals surface area contributed by atoms with Gasteiger partial charge in [0.25, 0.3) is 0 Å². The molecule has 5 nitrogen and oxygen atoms in total. The van der Waals surface area contributed by atoms with Gasteiger partial charge >= 0.3 is 0 Å². The van der Waals surface area contributed by atoms with E-state index in [0.29, 0.717) is 17.5 Å². The lowest BCUT2D eigenvalue weighted by atomic mass is 9.99. The van der Waals surface area contributed by atoms with E-state index < -0.39 is 0 Å². The van der Waals surface area contributed by atoms with Crippen molar-refractivity contribution in [2.45, 2.75) is 0 Å². The summed E-state index contributed by atoms with van der Waals surface area (Å²) in [5.41, 5.74) is 14.2. The number of benzene rings is 9. The van der Waals surface area contributed by atoms with Crippen molar-refractivity contribution >= 4 is 43.7 Å². The molecule has 12 aromatic rings. The highest BCUT2D eigenvalue weighted by Gasteiger charge is 2.19. The van der Waals surface area contributed by atoms with Crippen LogP contribution in [0.2, 0.25) is 0 Å². The van der Waals surface area contributed by atoms with Gasteiger partial charge in [0.15, 0.2) is 17.5 Å². The summed E-state index contributed by atoms with van der Waals surface area (Å²) in [6.45, 7) is 0. The summed E-state index contributed by atoms with van der Waals surface area (Å²) in [6.07, 6.45) is 0. The Kier molecular flexibility index (Phi) is 8.42. The Labute approximate surface area is 357 Å². The van der Waals surface area contributed by atoms with Crippen molar-refractivity contribution < 1.29 is 4.42 Å². The molecule has 290 valence electrons. The van der Waals surface area contributed by atoms with Gasteiger partial charge < -0.3 is 8.98 Å². The molecule has 0 aliphatic carbocycles. The van der Waals surface area contributed by atoms with Crippen LogP contribution < -0.4 is 0 Å². The Hall–Kier alpha value is -8.41. The largest absolute Gasteiger partial charge is 0.456 e.